The number of alkyl halides is 3. The Bertz CT molecular complexity index is 181. The quantitative estimate of drug-likeness (QED) is 0.700. The van der Waals surface area contributed by atoms with Gasteiger partial charge in [0.05, 0.1) is 0 Å². The summed E-state index contributed by atoms with van der Waals surface area (Å²) in [5.41, 5.74) is -4.38. The third-order valence-electron chi connectivity index (χ3n) is 2.01. The van der Waals surface area contributed by atoms with E-state index in [1.54, 1.807) is 13.1 Å². The second-order valence-corrected chi connectivity index (χ2v) is 4.59. The molecule has 0 amide bonds. The van der Waals surface area contributed by atoms with E-state index in [4.69, 9.17) is 0 Å². The van der Waals surface area contributed by atoms with Crippen LogP contribution in [0.15, 0.2) is 12.7 Å². The van der Waals surface area contributed by atoms with Gasteiger partial charge in [0.2, 0.25) is 0 Å². The van der Waals surface area contributed by atoms with Crippen molar-refractivity contribution in [3.63, 3.8) is 0 Å². The molecule has 0 aliphatic heterocycles. The molecule has 14 heavy (non-hydrogen) atoms. The fourth-order valence-corrected chi connectivity index (χ4v) is 1.87. The van der Waals surface area contributed by atoms with Crippen LogP contribution in [0.2, 0.25) is 0 Å². The minimum absolute atomic E-state index is 0.0261. The Hall–Kier alpha value is -0.160. The molecule has 0 saturated heterocycles. The second-order valence-electron chi connectivity index (χ2n) is 3.43. The molecule has 0 saturated carbocycles. The summed E-state index contributed by atoms with van der Waals surface area (Å²) >= 11 is 0.0261. The molecule has 5 heteroatoms. The van der Waals surface area contributed by atoms with Crippen molar-refractivity contribution in [3.8, 4) is 0 Å². The third-order valence-corrected chi connectivity index (χ3v) is 2.75. The first-order valence-electron chi connectivity index (χ1n) is 4.32. The van der Waals surface area contributed by atoms with Crippen LogP contribution in [0, 0.1) is 5.41 Å². The second kappa shape index (κ2) is 5.66. The van der Waals surface area contributed by atoms with Crippen LogP contribution in [0.25, 0.3) is 0 Å². The highest BCUT2D eigenvalue weighted by atomic mass is 32.2. The molecule has 0 aromatic rings. The standard InChI is InChI=1S/C9H16F3NS/c1-4-8(2,7-13-3)5-6-14-9(10,11)12/h4,13H,1,5-7H2,2-3H3. The lowest BCUT2D eigenvalue weighted by atomic mass is 9.88. The average molecular weight is 227 g/mol. The smallest absolute Gasteiger partial charge is 0.319 e. The molecule has 0 rings (SSSR count). The van der Waals surface area contributed by atoms with Gasteiger partial charge in [0.1, 0.15) is 0 Å². The van der Waals surface area contributed by atoms with Crippen LogP contribution in [0.4, 0.5) is 13.2 Å². The van der Waals surface area contributed by atoms with E-state index in [0.29, 0.717) is 13.0 Å². The monoisotopic (exact) mass is 227 g/mol. The molecule has 0 bridgehead atoms. The largest absolute Gasteiger partial charge is 0.441 e. The zero-order valence-electron chi connectivity index (χ0n) is 8.45. The van der Waals surface area contributed by atoms with Gasteiger partial charge in [-0.3, -0.25) is 0 Å². The Labute approximate surface area is 87.1 Å². The minimum Gasteiger partial charge on any atom is -0.319 e. The summed E-state index contributed by atoms with van der Waals surface area (Å²) in [5.74, 6) is 0.0771. The zero-order chi connectivity index (χ0) is 11.2. The Kier molecular flexibility index (Phi) is 5.59. The topological polar surface area (TPSA) is 12.0 Å². The molecule has 0 aliphatic carbocycles. The van der Waals surface area contributed by atoms with Crippen molar-refractivity contribution in [1.29, 1.82) is 0 Å². The zero-order valence-corrected chi connectivity index (χ0v) is 9.26. The number of thioether (sulfide) groups is 1. The summed E-state index contributed by atoms with van der Waals surface area (Å²) in [7, 11) is 1.78. The number of nitrogens with one attached hydrogen (secondary N) is 1. The lowest BCUT2D eigenvalue weighted by Crippen LogP contribution is -2.28. The summed E-state index contributed by atoms with van der Waals surface area (Å²) in [6.45, 7) is 6.18. The van der Waals surface area contributed by atoms with Crippen LogP contribution in [-0.2, 0) is 0 Å². The van der Waals surface area contributed by atoms with E-state index in [0.717, 1.165) is 0 Å². The predicted octanol–water partition coefficient (Wildman–Crippen LogP) is 3.04. The highest BCUT2D eigenvalue weighted by Crippen LogP contribution is 2.33. The number of hydrogen-bond donors (Lipinski definition) is 1. The molecule has 1 nitrogen and oxygen atoms in total. The van der Waals surface area contributed by atoms with Gasteiger partial charge in [-0.2, -0.15) is 13.2 Å². The van der Waals surface area contributed by atoms with Crippen molar-refractivity contribution < 1.29 is 13.2 Å². The van der Waals surface area contributed by atoms with Gasteiger partial charge in [-0.15, -0.1) is 6.58 Å². The lowest BCUT2D eigenvalue weighted by molar-refractivity contribution is -0.0328. The summed E-state index contributed by atoms with van der Waals surface area (Å²) in [6.07, 6.45) is 2.18. The van der Waals surface area contributed by atoms with E-state index < -0.39 is 5.51 Å². The van der Waals surface area contributed by atoms with Crippen LogP contribution in [-0.4, -0.2) is 24.9 Å². The maximum atomic E-state index is 11.8. The van der Waals surface area contributed by atoms with E-state index in [-0.39, 0.29) is 22.9 Å². The first kappa shape index (κ1) is 13.8. The molecule has 1 atom stereocenters. The van der Waals surface area contributed by atoms with E-state index in [9.17, 15) is 13.2 Å². The molecule has 84 valence electrons. The Morgan fingerprint density at radius 2 is 2.00 bits per heavy atom. The van der Waals surface area contributed by atoms with Gasteiger partial charge in [0.15, 0.2) is 0 Å². The van der Waals surface area contributed by atoms with E-state index >= 15 is 0 Å². The molecule has 0 aliphatic rings. The normalized spacial score (nSPS) is 16.4. The van der Waals surface area contributed by atoms with Gasteiger partial charge >= 0.3 is 5.51 Å². The van der Waals surface area contributed by atoms with Crippen molar-refractivity contribution >= 4 is 11.8 Å². The van der Waals surface area contributed by atoms with E-state index in [1.165, 1.54) is 0 Å². The SMILES string of the molecule is C=CC(C)(CCSC(F)(F)F)CNC. The van der Waals surface area contributed by atoms with Crippen molar-refractivity contribution in [3.05, 3.63) is 12.7 Å². The molecule has 1 N–H and O–H groups in total. The molecule has 0 radical (unpaired) electrons. The molecule has 0 fully saturated rings. The predicted molar refractivity (Wildman–Crippen MR) is 55.4 cm³/mol. The van der Waals surface area contributed by atoms with E-state index in [1.807, 2.05) is 6.92 Å². The molecule has 0 aromatic carbocycles. The van der Waals surface area contributed by atoms with Gasteiger partial charge in [-0.05, 0) is 18.9 Å². The van der Waals surface area contributed by atoms with Crippen LogP contribution >= 0.6 is 11.8 Å². The third kappa shape index (κ3) is 6.32. The number of hydrogen-bond acceptors (Lipinski definition) is 2. The summed E-state index contributed by atoms with van der Waals surface area (Å²) < 4.78 is 35.5. The molecule has 1 unspecified atom stereocenters. The number of rotatable bonds is 6. The Morgan fingerprint density at radius 1 is 1.43 bits per heavy atom. The van der Waals surface area contributed by atoms with Crippen LogP contribution in [0.1, 0.15) is 13.3 Å². The van der Waals surface area contributed by atoms with Crippen molar-refractivity contribution in [2.75, 3.05) is 19.3 Å². The van der Waals surface area contributed by atoms with Crippen LogP contribution < -0.4 is 5.32 Å². The Morgan fingerprint density at radius 3 is 2.36 bits per heavy atom. The molecule has 0 heterocycles. The molecular formula is C9H16F3NS. The van der Waals surface area contributed by atoms with Crippen molar-refractivity contribution in [2.24, 2.45) is 5.41 Å². The average Bonchev–Trinajstić information content (AvgIpc) is 2.02. The molecule has 0 aromatic heterocycles. The summed E-state index contributed by atoms with van der Waals surface area (Å²) in [4.78, 5) is 0. The van der Waals surface area contributed by atoms with Crippen LogP contribution in [0.5, 0.6) is 0 Å². The van der Waals surface area contributed by atoms with Gasteiger partial charge in [-0.1, -0.05) is 24.8 Å². The van der Waals surface area contributed by atoms with Gasteiger partial charge < -0.3 is 5.32 Å². The fraction of sp³-hybridized carbons (Fsp3) is 0.778. The van der Waals surface area contributed by atoms with Crippen molar-refractivity contribution in [1.82, 2.24) is 5.32 Å². The van der Waals surface area contributed by atoms with Gasteiger partial charge in [-0.25, -0.2) is 0 Å². The molecule has 0 spiro atoms. The van der Waals surface area contributed by atoms with Gasteiger partial charge in [0, 0.05) is 12.3 Å². The van der Waals surface area contributed by atoms with Crippen LogP contribution in [0.3, 0.4) is 0 Å². The number of halogens is 3. The highest BCUT2D eigenvalue weighted by Gasteiger charge is 2.29. The fourth-order valence-electron chi connectivity index (χ4n) is 1.07. The lowest BCUT2D eigenvalue weighted by Gasteiger charge is -2.25. The van der Waals surface area contributed by atoms with Gasteiger partial charge in [0.25, 0.3) is 0 Å². The van der Waals surface area contributed by atoms with Crippen molar-refractivity contribution in [2.45, 2.75) is 18.9 Å². The first-order valence-corrected chi connectivity index (χ1v) is 5.30. The highest BCUT2D eigenvalue weighted by molar-refractivity contribution is 8.00. The summed E-state index contributed by atoms with van der Waals surface area (Å²) in [5, 5.41) is 2.95. The van der Waals surface area contributed by atoms with E-state index in [2.05, 4.69) is 11.9 Å². The Balaban J connectivity index is 3.90. The maximum absolute atomic E-state index is 11.8. The molecular weight excluding hydrogens is 211 g/mol. The summed E-state index contributed by atoms with van der Waals surface area (Å²) in [6, 6.07) is 0. The first-order chi connectivity index (χ1) is 6.33. The maximum Gasteiger partial charge on any atom is 0.441 e. The minimum atomic E-state index is -4.12.